The van der Waals surface area contributed by atoms with E-state index in [-0.39, 0.29) is 21.7 Å². The van der Waals surface area contributed by atoms with Gasteiger partial charge in [0.25, 0.3) is 21.8 Å². The van der Waals surface area contributed by atoms with E-state index in [0.29, 0.717) is 13.0 Å². The molecule has 0 aliphatic carbocycles. The van der Waals surface area contributed by atoms with Crippen LogP contribution in [-0.2, 0) is 10.0 Å². The van der Waals surface area contributed by atoms with Crippen molar-refractivity contribution in [2.24, 2.45) is 0 Å². The lowest BCUT2D eigenvalue weighted by atomic mass is 10.1. The molecule has 0 saturated carbocycles. The Balaban J connectivity index is 2.02. The van der Waals surface area contributed by atoms with Crippen molar-refractivity contribution in [3.63, 3.8) is 0 Å². The molecule has 1 aliphatic rings. The molecular formula is C17H16N2O4S. The number of fused-ring (bicyclic) bond motifs is 1. The van der Waals surface area contributed by atoms with Crippen LogP contribution in [0.15, 0.2) is 53.4 Å². The van der Waals surface area contributed by atoms with E-state index < -0.39 is 21.8 Å². The SMILES string of the molecule is CCCN1C(=O)c2cccc(NS(=O)(=O)c3ccccc3)c2C1=O. The van der Waals surface area contributed by atoms with Crippen molar-refractivity contribution < 1.29 is 18.0 Å². The highest BCUT2D eigenvalue weighted by atomic mass is 32.2. The molecule has 2 aromatic rings. The summed E-state index contributed by atoms with van der Waals surface area (Å²) in [5, 5.41) is 0. The molecule has 0 unspecified atom stereocenters. The van der Waals surface area contributed by atoms with Gasteiger partial charge in [0.1, 0.15) is 0 Å². The molecule has 0 atom stereocenters. The Labute approximate surface area is 140 Å². The molecule has 6 nitrogen and oxygen atoms in total. The normalized spacial score (nSPS) is 14.0. The van der Waals surface area contributed by atoms with Crippen molar-refractivity contribution in [1.29, 1.82) is 0 Å². The summed E-state index contributed by atoms with van der Waals surface area (Å²) in [6.07, 6.45) is 0.635. The van der Waals surface area contributed by atoms with E-state index in [2.05, 4.69) is 4.72 Å². The van der Waals surface area contributed by atoms with Gasteiger partial charge in [-0.1, -0.05) is 31.2 Å². The van der Waals surface area contributed by atoms with Gasteiger partial charge in [-0.25, -0.2) is 8.42 Å². The molecule has 0 aromatic heterocycles. The summed E-state index contributed by atoms with van der Waals surface area (Å²) in [5.74, 6) is -0.860. The summed E-state index contributed by atoms with van der Waals surface area (Å²) >= 11 is 0. The molecule has 1 heterocycles. The predicted octanol–water partition coefficient (Wildman–Crippen LogP) is 2.49. The van der Waals surface area contributed by atoms with E-state index in [9.17, 15) is 18.0 Å². The van der Waals surface area contributed by atoms with Crippen LogP contribution in [-0.4, -0.2) is 31.7 Å². The van der Waals surface area contributed by atoms with Crippen LogP contribution in [0.25, 0.3) is 0 Å². The van der Waals surface area contributed by atoms with Gasteiger partial charge in [0.15, 0.2) is 0 Å². The summed E-state index contributed by atoms with van der Waals surface area (Å²) < 4.78 is 27.4. The number of nitrogens with one attached hydrogen (secondary N) is 1. The number of hydrogen-bond donors (Lipinski definition) is 1. The Morgan fingerprint density at radius 3 is 2.33 bits per heavy atom. The zero-order valence-electron chi connectivity index (χ0n) is 13.0. The number of sulfonamides is 1. The van der Waals surface area contributed by atoms with Gasteiger partial charge in [0.05, 0.1) is 21.7 Å². The summed E-state index contributed by atoms with van der Waals surface area (Å²) in [7, 11) is -3.84. The Kier molecular flexibility index (Phi) is 4.11. The molecule has 124 valence electrons. The number of rotatable bonds is 5. The quantitative estimate of drug-likeness (QED) is 0.845. The second-order valence-electron chi connectivity index (χ2n) is 5.41. The Hall–Kier alpha value is -2.67. The summed E-state index contributed by atoms with van der Waals surface area (Å²) in [4.78, 5) is 26.1. The number of imide groups is 1. The fourth-order valence-corrected chi connectivity index (χ4v) is 3.74. The second-order valence-corrected chi connectivity index (χ2v) is 7.09. The monoisotopic (exact) mass is 344 g/mol. The highest BCUT2D eigenvalue weighted by molar-refractivity contribution is 7.92. The fourth-order valence-electron chi connectivity index (χ4n) is 2.65. The lowest BCUT2D eigenvalue weighted by molar-refractivity contribution is 0.0654. The minimum Gasteiger partial charge on any atom is -0.279 e. The third kappa shape index (κ3) is 2.67. The van der Waals surface area contributed by atoms with Crippen LogP contribution in [0.4, 0.5) is 5.69 Å². The first-order chi connectivity index (χ1) is 11.5. The number of nitrogens with zero attached hydrogens (tertiary/aromatic N) is 1. The van der Waals surface area contributed by atoms with Crippen LogP contribution < -0.4 is 4.72 Å². The maximum Gasteiger partial charge on any atom is 0.263 e. The third-order valence-electron chi connectivity index (χ3n) is 3.74. The molecule has 7 heteroatoms. The number of benzene rings is 2. The van der Waals surface area contributed by atoms with Gasteiger partial charge in [-0.3, -0.25) is 19.2 Å². The van der Waals surface area contributed by atoms with Crippen LogP contribution in [0.5, 0.6) is 0 Å². The summed E-state index contributed by atoms with van der Waals surface area (Å²) in [6.45, 7) is 2.17. The third-order valence-corrected chi connectivity index (χ3v) is 5.13. The van der Waals surface area contributed by atoms with Crippen molar-refractivity contribution in [2.75, 3.05) is 11.3 Å². The minimum absolute atomic E-state index is 0.0878. The highest BCUT2D eigenvalue weighted by Crippen LogP contribution is 2.30. The average Bonchev–Trinajstić information content (AvgIpc) is 2.82. The number of amides is 2. The Bertz CT molecular complexity index is 907. The van der Waals surface area contributed by atoms with Crippen LogP contribution in [0.3, 0.4) is 0 Å². The smallest absolute Gasteiger partial charge is 0.263 e. The maximum atomic E-state index is 12.5. The van der Waals surface area contributed by atoms with Crippen LogP contribution in [0, 0.1) is 0 Å². The molecule has 3 rings (SSSR count). The number of hydrogen-bond acceptors (Lipinski definition) is 4. The first-order valence-corrected chi connectivity index (χ1v) is 9.01. The Morgan fingerprint density at radius 2 is 1.67 bits per heavy atom. The zero-order valence-corrected chi connectivity index (χ0v) is 13.8. The first-order valence-electron chi connectivity index (χ1n) is 7.53. The van der Waals surface area contributed by atoms with Gasteiger partial charge in [-0.2, -0.15) is 0 Å². The van der Waals surface area contributed by atoms with E-state index in [1.165, 1.54) is 24.3 Å². The molecule has 0 radical (unpaired) electrons. The highest BCUT2D eigenvalue weighted by Gasteiger charge is 2.37. The number of carbonyl (C=O) groups excluding carboxylic acids is 2. The van der Waals surface area contributed by atoms with Gasteiger partial charge in [0.2, 0.25) is 0 Å². The topological polar surface area (TPSA) is 83.6 Å². The number of carbonyl (C=O) groups is 2. The summed E-state index contributed by atoms with van der Waals surface area (Å²) in [5.41, 5.74) is 0.450. The van der Waals surface area contributed by atoms with Crippen LogP contribution >= 0.6 is 0 Å². The van der Waals surface area contributed by atoms with Crippen molar-refractivity contribution in [2.45, 2.75) is 18.2 Å². The maximum absolute atomic E-state index is 12.5. The predicted molar refractivity (Wildman–Crippen MR) is 89.4 cm³/mol. The largest absolute Gasteiger partial charge is 0.279 e. The van der Waals surface area contributed by atoms with Crippen molar-refractivity contribution in [3.8, 4) is 0 Å². The first kappa shape index (κ1) is 16.2. The molecule has 1 aliphatic heterocycles. The Morgan fingerprint density at radius 1 is 0.958 bits per heavy atom. The average molecular weight is 344 g/mol. The van der Waals surface area contributed by atoms with E-state index in [1.54, 1.807) is 24.3 Å². The van der Waals surface area contributed by atoms with Crippen molar-refractivity contribution in [3.05, 3.63) is 59.7 Å². The molecular weight excluding hydrogens is 328 g/mol. The molecule has 0 bridgehead atoms. The van der Waals surface area contributed by atoms with Crippen molar-refractivity contribution >= 4 is 27.5 Å². The van der Waals surface area contributed by atoms with E-state index in [4.69, 9.17) is 0 Å². The van der Waals surface area contributed by atoms with Crippen LogP contribution in [0.1, 0.15) is 34.1 Å². The lowest BCUT2D eigenvalue weighted by Crippen LogP contribution is -2.30. The number of anilines is 1. The molecule has 0 spiro atoms. The van der Waals surface area contributed by atoms with Gasteiger partial charge < -0.3 is 0 Å². The molecule has 2 amide bonds. The van der Waals surface area contributed by atoms with E-state index >= 15 is 0 Å². The van der Waals surface area contributed by atoms with Gasteiger partial charge >= 0.3 is 0 Å². The second kappa shape index (κ2) is 6.09. The molecule has 0 fully saturated rings. The van der Waals surface area contributed by atoms with Gasteiger partial charge in [-0.05, 0) is 30.7 Å². The minimum atomic E-state index is -3.84. The van der Waals surface area contributed by atoms with Crippen LogP contribution in [0.2, 0.25) is 0 Å². The lowest BCUT2D eigenvalue weighted by Gasteiger charge is -2.13. The van der Waals surface area contributed by atoms with E-state index in [1.807, 2.05) is 6.92 Å². The molecule has 24 heavy (non-hydrogen) atoms. The van der Waals surface area contributed by atoms with Gasteiger partial charge in [0, 0.05) is 6.54 Å². The molecule has 2 aromatic carbocycles. The fraction of sp³-hybridized carbons (Fsp3) is 0.176. The molecule has 1 N–H and O–H groups in total. The molecule has 0 saturated heterocycles. The summed E-state index contributed by atoms with van der Waals surface area (Å²) in [6, 6.07) is 12.4. The van der Waals surface area contributed by atoms with E-state index in [0.717, 1.165) is 4.90 Å². The van der Waals surface area contributed by atoms with Gasteiger partial charge in [-0.15, -0.1) is 0 Å². The van der Waals surface area contributed by atoms with Crippen molar-refractivity contribution in [1.82, 2.24) is 4.90 Å². The standard InChI is InChI=1S/C17H16N2O4S/c1-2-11-19-16(20)13-9-6-10-14(15(13)17(19)21)18-24(22,23)12-7-4-3-5-8-12/h3-10,18H,2,11H2,1H3. The zero-order chi connectivity index (χ0) is 17.3.